The second kappa shape index (κ2) is 6.71. The Hall–Kier alpha value is -2.63. The van der Waals surface area contributed by atoms with Gasteiger partial charge in [-0.25, -0.2) is 0 Å². The molecule has 3 aliphatic rings. The number of esters is 3. The standard InChI is InChI=1S/C23H26O6/c1-22(2)16-12-23(20(25)27-3,21(26)28-4)15-11-10-14(18(22)17(15)16)19(24)29-13-8-6-5-7-9-13/h5-9,12,14-15,17-18H,10-11H2,1-4H3/t14-,15+,17-,18-/m0/s1. The monoisotopic (exact) mass is 398 g/mol. The summed E-state index contributed by atoms with van der Waals surface area (Å²) in [6.45, 7) is 4.13. The quantitative estimate of drug-likeness (QED) is 0.336. The van der Waals surface area contributed by atoms with E-state index in [1.165, 1.54) is 14.2 Å². The van der Waals surface area contributed by atoms with Gasteiger partial charge in [0.2, 0.25) is 0 Å². The van der Waals surface area contributed by atoms with Crippen LogP contribution >= 0.6 is 0 Å². The summed E-state index contributed by atoms with van der Waals surface area (Å²) < 4.78 is 15.7. The summed E-state index contributed by atoms with van der Waals surface area (Å²) in [4.78, 5) is 38.5. The molecule has 0 unspecified atom stereocenters. The molecule has 2 saturated carbocycles. The molecular formula is C23H26O6. The molecule has 0 heterocycles. The van der Waals surface area contributed by atoms with Crippen LogP contribution in [0.15, 0.2) is 42.0 Å². The first-order valence-corrected chi connectivity index (χ1v) is 9.95. The van der Waals surface area contributed by atoms with Gasteiger partial charge >= 0.3 is 17.9 Å². The highest BCUT2D eigenvalue weighted by atomic mass is 16.5. The second-order valence-electron chi connectivity index (χ2n) is 8.75. The molecule has 6 heteroatoms. The van der Waals surface area contributed by atoms with Gasteiger partial charge in [0.1, 0.15) is 5.75 Å². The SMILES string of the molecule is COC(=O)C1(C(=O)OC)C=C2[C@H]3[C@H]([C@@H](C(=O)Oc4ccccc4)CC[C@H]31)C2(C)C. The number of hydrogen-bond acceptors (Lipinski definition) is 6. The number of para-hydroxylation sites is 1. The smallest absolute Gasteiger partial charge is 0.327 e. The molecule has 154 valence electrons. The first-order chi connectivity index (χ1) is 13.8. The van der Waals surface area contributed by atoms with Gasteiger partial charge in [0.15, 0.2) is 5.41 Å². The zero-order valence-corrected chi connectivity index (χ0v) is 17.1. The van der Waals surface area contributed by atoms with Gasteiger partial charge in [0, 0.05) is 0 Å². The molecule has 0 aromatic heterocycles. The van der Waals surface area contributed by atoms with Crippen LogP contribution < -0.4 is 4.74 Å². The van der Waals surface area contributed by atoms with Crippen molar-refractivity contribution < 1.29 is 28.6 Å². The number of carbonyl (C=O) groups excluding carboxylic acids is 3. The van der Waals surface area contributed by atoms with Crippen molar-refractivity contribution in [2.75, 3.05) is 14.2 Å². The predicted octanol–water partition coefficient (Wildman–Crippen LogP) is 3.16. The highest BCUT2D eigenvalue weighted by Gasteiger charge is 2.72. The van der Waals surface area contributed by atoms with Gasteiger partial charge in [0.05, 0.1) is 20.1 Å². The molecular weight excluding hydrogens is 372 g/mol. The van der Waals surface area contributed by atoms with E-state index < -0.39 is 17.4 Å². The lowest BCUT2D eigenvalue weighted by atomic mass is 9.43. The van der Waals surface area contributed by atoms with Gasteiger partial charge in [-0.15, -0.1) is 0 Å². The van der Waals surface area contributed by atoms with Crippen LogP contribution in [0, 0.1) is 34.5 Å². The molecule has 0 N–H and O–H groups in total. The minimum atomic E-state index is -1.43. The maximum Gasteiger partial charge on any atom is 0.327 e. The van der Waals surface area contributed by atoms with Crippen LogP contribution in [0.5, 0.6) is 5.75 Å². The summed E-state index contributed by atoms with van der Waals surface area (Å²) >= 11 is 0. The van der Waals surface area contributed by atoms with Crippen LogP contribution in [-0.2, 0) is 23.9 Å². The van der Waals surface area contributed by atoms with Crippen LogP contribution in [0.2, 0.25) is 0 Å². The summed E-state index contributed by atoms with van der Waals surface area (Å²) in [5, 5.41) is 0. The van der Waals surface area contributed by atoms with E-state index in [4.69, 9.17) is 14.2 Å². The Labute approximate surface area is 170 Å². The minimum Gasteiger partial charge on any atom is -0.468 e. The van der Waals surface area contributed by atoms with E-state index in [0.29, 0.717) is 18.6 Å². The third-order valence-electron chi connectivity index (χ3n) is 7.26. The Kier molecular flexibility index (Phi) is 4.56. The predicted molar refractivity (Wildman–Crippen MR) is 104 cm³/mol. The van der Waals surface area contributed by atoms with E-state index in [1.54, 1.807) is 18.2 Å². The molecule has 29 heavy (non-hydrogen) atoms. The van der Waals surface area contributed by atoms with Crippen molar-refractivity contribution in [3.63, 3.8) is 0 Å². The molecule has 0 radical (unpaired) electrons. The fraction of sp³-hybridized carbons (Fsp3) is 0.522. The molecule has 4 atom stereocenters. The summed E-state index contributed by atoms with van der Waals surface area (Å²) in [5.41, 5.74) is -0.697. The van der Waals surface area contributed by atoms with Crippen molar-refractivity contribution in [2.45, 2.75) is 26.7 Å². The Bertz CT molecular complexity index is 868. The molecule has 0 bridgehead atoms. The van der Waals surface area contributed by atoms with E-state index >= 15 is 0 Å². The number of hydrogen-bond donors (Lipinski definition) is 0. The van der Waals surface area contributed by atoms with Crippen LogP contribution in [0.3, 0.4) is 0 Å². The number of methoxy groups -OCH3 is 2. The van der Waals surface area contributed by atoms with Crippen molar-refractivity contribution in [1.29, 1.82) is 0 Å². The van der Waals surface area contributed by atoms with Crippen molar-refractivity contribution in [1.82, 2.24) is 0 Å². The maximum atomic E-state index is 13.0. The summed E-state index contributed by atoms with van der Waals surface area (Å²) in [7, 11) is 2.58. The van der Waals surface area contributed by atoms with Gasteiger partial charge in [-0.05, 0) is 48.1 Å². The van der Waals surface area contributed by atoms with Crippen molar-refractivity contribution in [2.24, 2.45) is 34.5 Å². The Morgan fingerprint density at radius 1 is 0.966 bits per heavy atom. The van der Waals surface area contributed by atoms with Gasteiger partial charge in [-0.1, -0.05) is 43.7 Å². The first kappa shape index (κ1) is 19.7. The fourth-order valence-corrected chi connectivity index (χ4v) is 6.04. The molecule has 4 rings (SSSR count). The normalized spacial score (nSPS) is 30.3. The van der Waals surface area contributed by atoms with Crippen LogP contribution in [-0.4, -0.2) is 32.1 Å². The minimum absolute atomic E-state index is 0.0000931. The van der Waals surface area contributed by atoms with Crippen LogP contribution in [0.1, 0.15) is 26.7 Å². The van der Waals surface area contributed by atoms with Crippen molar-refractivity contribution in [3.05, 3.63) is 42.0 Å². The molecule has 1 aromatic rings. The van der Waals surface area contributed by atoms with E-state index in [-0.39, 0.29) is 35.1 Å². The van der Waals surface area contributed by atoms with E-state index in [2.05, 4.69) is 13.8 Å². The van der Waals surface area contributed by atoms with Gasteiger partial charge < -0.3 is 14.2 Å². The lowest BCUT2D eigenvalue weighted by molar-refractivity contribution is -0.174. The maximum absolute atomic E-state index is 13.0. The molecule has 0 aliphatic heterocycles. The highest BCUT2D eigenvalue weighted by Crippen LogP contribution is 2.71. The average Bonchev–Trinajstić information content (AvgIpc) is 3.08. The largest absolute Gasteiger partial charge is 0.468 e. The van der Waals surface area contributed by atoms with E-state index in [1.807, 2.05) is 18.2 Å². The van der Waals surface area contributed by atoms with Gasteiger partial charge in [-0.2, -0.15) is 0 Å². The lowest BCUT2D eigenvalue weighted by Crippen LogP contribution is -2.58. The zero-order chi connectivity index (χ0) is 21.0. The van der Waals surface area contributed by atoms with Crippen LogP contribution in [0.4, 0.5) is 0 Å². The van der Waals surface area contributed by atoms with E-state index in [0.717, 1.165) is 5.57 Å². The third kappa shape index (κ3) is 2.57. The number of allylic oxidation sites excluding steroid dienone is 1. The second-order valence-corrected chi connectivity index (χ2v) is 8.75. The molecule has 2 fully saturated rings. The van der Waals surface area contributed by atoms with Gasteiger partial charge in [0.25, 0.3) is 0 Å². The molecule has 1 aromatic carbocycles. The Morgan fingerprint density at radius 2 is 1.59 bits per heavy atom. The summed E-state index contributed by atoms with van der Waals surface area (Å²) in [6, 6.07) is 9.04. The fourth-order valence-electron chi connectivity index (χ4n) is 6.04. The van der Waals surface area contributed by atoms with Gasteiger partial charge in [-0.3, -0.25) is 14.4 Å². The number of ether oxygens (including phenoxy) is 3. The summed E-state index contributed by atoms with van der Waals surface area (Å²) in [6.07, 6.45) is 2.87. The molecule has 0 saturated heterocycles. The first-order valence-electron chi connectivity index (χ1n) is 9.95. The van der Waals surface area contributed by atoms with E-state index in [9.17, 15) is 14.4 Å². The third-order valence-corrected chi connectivity index (χ3v) is 7.26. The highest BCUT2D eigenvalue weighted by molar-refractivity contribution is 6.04. The Morgan fingerprint density at radius 3 is 2.17 bits per heavy atom. The number of carbonyl (C=O) groups is 3. The molecule has 3 aliphatic carbocycles. The average molecular weight is 398 g/mol. The van der Waals surface area contributed by atoms with Crippen LogP contribution in [0.25, 0.3) is 0 Å². The molecule has 0 spiro atoms. The van der Waals surface area contributed by atoms with Crippen molar-refractivity contribution in [3.8, 4) is 5.75 Å². The van der Waals surface area contributed by atoms with Crippen molar-refractivity contribution >= 4 is 17.9 Å². The zero-order valence-electron chi connectivity index (χ0n) is 17.1. The lowest BCUT2D eigenvalue weighted by Gasteiger charge is -2.59. The topological polar surface area (TPSA) is 78.9 Å². The Balaban J connectivity index is 1.67. The molecule has 6 nitrogen and oxygen atoms in total. The number of rotatable bonds is 4. The summed E-state index contributed by atoms with van der Waals surface area (Å²) in [5.74, 6) is -1.46. The number of benzene rings is 1. The molecule has 0 amide bonds.